The zero-order valence-corrected chi connectivity index (χ0v) is 19.6. The number of aromatic nitrogens is 5. The van der Waals surface area contributed by atoms with E-state index >= 15 is 0 Å². The molecule has 1 amide bonds. The summed E-state index contributed by atoms with van der Waals surface area (Å²) in [6.07, 6.45) is 6.86. The fraction of sp³-hybridized carbons (Fsp3) is 0.304. The predicted octanol–water partition coefficient (Wildman–Crippen LogP) is 2.14. The summed E-state index contributed by atoms with van der Waals surface area (Å²) in [4.78, 5) is 23.0. The summed E-state index contributed by atoms with van der Waals surface area (Å²) in [7, 11) is 4.70. The van der Waals surface area contributed by atoms with Crippen LogP contribution in [-0.4, -0.2) is 64.0 Å². The van der Waals surface area contributed by atoms with E-state index in [1.54, 1.807) is 32.2 Å². The van der Waals surface area contributed by atoms with Crippen LogP contribution >= 0.6 is 0 Å². The second-order valence-corrected chi connectivity index (χ2v) is 8.03. The predicted molar refractivity (Wildman–Crippen MR) is 129 cm³/mol. The fourth-order valence-electron chi connectivity index (χ4n) is 4.30. The van der Waals surface area contributed by atoms with Crippen molar-refractivity contribution >= 4 is 29.0 Å². The first kappa shape index (κ1) is 22.3. The molecule has 1 fully saturated rings. The lowest BCUT2D eigenvalue weighted by molar-refractivity contribution is -0.119. The number of imidazole rings is 1. The maximum Gasteiger partial charge on any atom is 0.246 e. The summed E-state index contributed by atoms with van der Waals surface area (Å²) in [6, 6.07) is 7.02. The van der Waals surface area contributed by atoms with E-state index < -0.39 is 6.04 Å². The molecule has 0 radical (unpaired) electrons. The highest BCUT2D eigenvalue weighted by molar-refractivity contribution is 5.84. The van der Waals surface area contributed by atoms with Gasteiger partial charge in [0.05, 0.1) is 33.2 Å². The lowest BCUT2D eigenvalue weighted by atomic mass is 10.2. The van der Waals surface area contributed by atoms with Crippen molar-refractivity contribution in [2.45, 2.75) is 18.9 Å². The lowest BCUT2D eigenvalue weighted by Gasteiger charge is -2.22. The molecule has 4 heterocycles. The molecule has 1 aliphatic rings. The zero-order chi connectivity index (χ0) is 24.5. The Hall–Kier alpha value is -4.48. The molecule has 1 aliphatic heterocycles. The highest BCUT2D eigenvalue weighted by Crippen LogP contribution is 2.39. The number of fused-ring (bicyclic) bond motifs is 1. The molecule has 0 spiro atoms. The number of benzene rings is 1. The first-order valence-electron chi connectivity index (χ1n) is 11.0. The topological polar surface area (TPSA) is 134 Å². The highest BCUT2D eigenvalue weighted by Gasteiger charge is 2.31. The van der Waals surface area contributed by atoms with Gasteiger partial charge in [-0.05, 0) is 25.0 Å². The Morgan fingerprint density at radius 3 is 2.63 bits per heavy atom. The van der Waals surface area contributed by atoms with Crippen LogP contribution in [0.5, 0.6) is 17.2 Å². The van der Waals surface area contributed by atoms with Gasteiger partial charge >= 0.3 is 0 Å². The molecule has 4 aromatic rings. The maximum atomic E-state index is 11.9. The Balaban J connectivity index is 1.48. The standard InChI is InChI=1S/C23H26N8O4/c1-33-17-10-14(11-18(34-2)20(17)35-3)29-12-19(25-13-29)26-22-16-7-5-9-31(16)28-23(27-22)30-8-4-6-15(30)21(24)32/h5,7,9-13,15H,4,6,8H2,1-3H3,(H2,24,32)(H,26,27,28). The quantitative estimate of drug-likeness (QED) is 0.390. The summed E-state index contributed by atoms with van der Waals surface area (Å²) < 4.78 is 19.9. The number of hydrogen-bond donors (Lipinski definition) is 2. The van der Waals surface area contributed by atoms with E-state index in [4.69, 9.17) is 24.9 Å². The van der Waals surface area contributed by atoms with Gasteiger partial charge in [0.1, 0.15) is 23.7 Å². The number of nitrogens with one attached hydrogen (secondary N) is 1. The van der Waals surface area contributed by atoms with E-state index in [2.05, 4.69) is 15.4 Å². The third kappa shape index (κ3) is 4.03. The van der Waals surface area contributed by atoms with Crippen molar-refractivity contribution in [2.24, 2.45) is 5.73 Å². The number of hydrogen-bond acceptors (Lipinski definition) is 9. The molecule has 182 valence electrons. The average molecular weight is 479 g/mol. The molecular weight excluding hydrogens is 452 g/mol. The Morgan fingerprint density at radius 1 is 1.17 bits per heavy atom. The number of anilines is 3. The Labute approximate surface area is 201 Å². The van der Waals surface area contributed by atoms with E-state index in [0.29, 0.717) is 47.8 Å². The van der Waals surface area contributed by atoms with Gasteiger partial charge in [-0.1, -0.05) is 0 Å². The SMILES string of the molecule is COc1cc(-n2cnc(Nc3nc(N4CCCC4C(N)=O)nn4cccc34)c2)cc(OC)c1OC. The van der Waals surface area contributed by atoms with Gasteiger partial charge in [-0.25, -0.2) is 9.50 Å². The minimum atomic E-state index is -0.421. The lowest BCUT2D eigenvalue weighted by Crippen LogP contribution is -2.41. The molecule has 35 heavy (non-hydrogen) atoms. The first-order valence-corrected chi connectivity index (χ1v) is 11.0. The van der Waals surface area contributed by atoms with Crippen LogP contribution in [0.3, 0.4) is 0 Å². The smallest absolute Gasteiger partial charge is 0.246 e. The third-order valence-electron chi connectivity index (χ3n) is 5.99. The number of carbonyl (C=O) groups is 1. The second kappa shape index (κ2) is 9.05. The van der Waals surface area contributed by atoms with E-state index in [1.165, 1.54) is 0 Å². The first-order chi connectivity index (χ1) is 17.0. The molecule has 5 rings (SSSR count). The summed E-state index contributed by atoms with van der Waals surface area (Å²) in [5.41, 5.74) is 7.15. The number of primary amides is 1. The van der Waals surface area contributed by atoms with Gasteiger partial charge in [-0.15, -0.1) is 5.10 Å². The van der Waals surface area contributed by atoms with Crippen molar-refractivity contribution < 1.29 is 19.0 Å². The third-order valence-corrected chi connectivity index (χ3v) is 5.99. The molecule has 12 heteroatoms. The van der Waals surface area contributed by atoms with Crippen molar-refractivity contribution in [3.8, 4) is 22.9 Å². The largest absolute Gasteiger partial charge is 0.493 e. The van der Waals surface area contributed by atoms with Crippen LogP contribution < -0.4 is 30.2 Å². The summed E-state index contributed by atoms with van der Waals surface area (Å²) >= 11 is 0. The second-order valence-electron chi connectivity index (χ2n) is 8.03. The summed E-state index contributed by atoms with van der Waals surface area (Å²) in [6.45, 7) is 0.662. The van der Waals surface area contributed by atoms with E-state index in [9.17, 15) is 4.79 Å². The van der Waals surface area contributed by atoms with Gasteiger partial charge in [0.15, 0.2) is 17.3 Å². The van der Waals surface area contributed by atoms with E-state index in [1.807, 2.05) is 46.1 Å². The summed E-state index contributed by atoms with van der Waals surface area (Å²) in [5.74, 6) is 2.77. The van der Waals surface area contributed by atoms with Crippen LogP contribution in [-0.2, 0) is 4.79 Å². The van der Waals surface area contributed by atoms with Gasteiger partial charge in [0.2, 0.25) is 17.6 Å². The van der Waals surface area contributed by atoms with Crippen molar-refractivity contribution in [3.63, 3.8) is 0 Å². The molecule has 1 unspecified atom stereocenters. The fourth-order valence-corrected chi connectivity index (χ4v) is 4.30. The number of nitrogens with zero attached hydrogens (tertiary/aromatic N) is 6. The van der Waals surface area contributed by atoms with Crippen LogP contribution in [0.25, 0.3) is 11.2 Å². The van der Waals surface area contributed by atoms with E-state index in [-0.39, 0.29) is 5.91 Å². The number of nitrogens with two attached hydrogens (primary N) is 1. The molecule has 0 aliphatic carbocycles. The minimum Gasteiger partial charge on any atom is -0.493 e. The Kier molecular flexibility index (Phi) is 5.77. The Bertz CT molecular complexity index is 1360. The summed E-state index contributed by atoms with van der Waals surface area (Å²) in [5, 5.41) is 7.85. The van der Waals surface area contributed by atoms with Gasteiger partial charge in [-0.3, -0.25) is 4.79 Å². The number of carbonyl (C=O) groups excluding carboxylic acids is 1. The Morgan fingerprint density at radius 2 is 1.94 bits per heavy atom. The molecule has 3 N–H and O–H groups in total. The van der Waals surface area contributed by atoms with Crippen LogP contribution in [0.4, 0.5) is 17.6 Å². The van der Waals surface area contributed by atoms with Crippen LogP contribution in [0, 0.1) is 0 Å². The molecule has 0 saturated carbocycles. The molecular formula is C23H26N8O4. The van der Waals surface area contributed by atoms with E-state index in [0.717, 1.165) is 17.6 Å². The normalized spacial score (nSPS) is 15.4. The van der Waals surface area contributed by atoms with Crippen LogP contribution in [0.2, 0.25) is 0 Å². The molecule has 1 atom stereocenters. The van der Waals surface area contributed by atoms with Crippen molar-refractivity contribution in [3.05, 3.63) is 43.0 Å². The zero-order valence-electron chi connectivity index (χ0n) is 19.6. The molecule has 1 saturated heterocycles. The number of methoxy groups -OCH3 is 3. The molecule has 1 aromatic carbocycles. The minimum absolute atomic E-state index is 0.377. The van der Waals surface area contributed by atoms with Gasteiger partial charge in [0.25, 0.3) is 0 Å². The molecule has 12 nitrogen and oxygen atoms in total. The monoisotopic (exact) mass is 478 g/mol. The number of ether oxygens (including phenoxy) is 3. The van der Waals surface area contributed by atoms with Gasteiger partial charge in [-0.2, -0.15) is 4.98 Å². The number of rotatable bonds is 8. The van der Waals surface area contributed by atoms with Crippen LogP contribution in [0.15, 0.2) is 43.0 Å². The molecule has 3 aromatic heterocycles. The average Bonchev–Trinajstić information content (AvgIpc) is 3.63. The highest BCUT2D eigenvalue weighted by atomic mass is 16.5. The molecule has 0 bridgehead atoms. The van der Waals surface area contributed by atoms with Gasteiger partial charge < -0.3 is 34.7 Å². The van der Waals surface area contributed by atoms with Crippen molar-refractivity contribution in [1.82, 2.24) is 24.1 Å². The van der Waals surface area contributed by atoms with Gasteiger partial charge in [0, 0.05) is 24.9 Å². The van der Waals surface area contributed by atoms with Crippen molar-refractivity contribution in [2.75, 3.05) is 38.1 Å². The van der Waals surface area contributed by atoms with Crippen LogP contribution in [0.1, 0.15) is 12.8 Å². The van der Waals surface area contributed by atoms with Crippen molar-refractivity contribution in [1.29, 1.82) is 0 Å². The number of amides is 1. The maximum absolute atomic E-state index is 11.9.